The molecule has 1 aliphatic rings. The van der Waals surface area contributed by atoms with Crippen molar-refractivity contribution in [1.29, 1.82) is 0 Å². The smallest absolute Gasteiger partial charge is 0.335 e. The average Bonchev–Trinajstić information content (AvgIpc) is 3.13. The Labute approximate surface area is 200 Å². The van der Waals surface area contributed by atoms with Gasteiger partial charge in [0.2, 0.25) is 0 Å². The molecule has 3 aromatic rings. The highest BCUT2D eigenvalue weighted by Gasteiger charge is 2.39. The van der Waals surface area contributed by atoms with Crippen LogP contribution in [0.4, 0.5) is 28.9 Å². The number of carboxylic acid groups (broad SMARTS) is 1. The van der Waals surface area contributed by atoms with E-state index in [4.69, 9.17) is 0 Å². The van der Waals surface area contributed by atoms with Crippen LogP contribution in [0, 0.1) is 30.2 Å². The molecule has 0 radical (unpaired) electrons. The largest absolute Gasteiger partial charge is 0.505 e. The molecule has 184 valence electrons. The first kappa shape index (κ1) is 24.5. The number of carbonyl (C=O) groups excluding carboxylic acids is 1. The van der Waals surface area contributed by atoms with Gasteiger partial charge in [-0.15, -0.1) is 0 Å². The summed E-state index contributed by atoms with van der Waals surface area (Å²) in [4.78, 5) is 24.0. The topological polar surface area (TPSA) is 115 Å². The van der Waals surface area contributed by atoms with E-state index in [1.165, 1.54) is 43.3 Å². The first-order valence-electron chi connectivity index (χ1n) is 10.3. The number of phenols is 1. The predicted molar refractivity (Wildman–Crippen MR) is 120 cm³/mol. The molecule has 8 nitrogen and oxygen atoms in total. The number of hydrazone groups is 1. The number of azo groups is 1. The summed E-state index contributed by atoms with van der Waals surface area (Å²) in [5.74, 6) is -9.56. The Kier molecular flexibility index (Phi) is 6.27. The van der Waals surface area contributed by atoms with Crippen LogP contribution in [0.15, 0.2) is 57.8 Å². The van der Waals surface area contributed by atoms with Crippen molar-refractivity contribution >= 4 is 29.0 Å². The van der Waals surface area contributed by atoms with Crippen LogP contribution in [0.25, 0.3) is 11.1 Å². The number of para-hydroxylation sites is 1. The number of nitrogens with zero attached hydrogens (tertiary/aromatic N) is 4. The summed E-state index contributed by atoms with van der Waals surface area (Å²) in [6.07, 6.45) is 0. The van der Waals surface area contributed by atoms with E-state index in [0.29, 0.717) is 5.56 Å². The van der Waals surface area contributed by atoms with Crippen molar-refractivity contribution < 1.29 is 37.4 Å². The molecule has 1 aliphatic heterocycles. The highest BCUT2D eigenvalue weighted by atomic mass is 19.2. The van der Waals surface area contributed by atoms with Crippen LogP contribution in [0.2, 0.25) is 0 Å². The second kappa shape index (κ2) is 9.21. The lowest BCUT2D eigenvalue weighted by atomic mass is 10.0. The Morgan fingerprint density at radius 2 is 1.64 bits per heavy atom. The number of carboxylic acids is 1. The normalized spacial score (nSPS) is 15.6. The lowest BCUT2D eigenvalue weighted by molar-refractivity contribution is -0.118. The molecule has 0 spiro atoms. The molecule has 2 N–H and O–H groups in total. The van der Waals surface area contributed by atoms with Gasteiger partial charge in [-0.3, -0.25) is 4.79 Å². The molecule has 1 heterocycles. The van der Waals surface area contributed by atoms with E-state index in [9.17, 15) is 37.4 Å². The van der Waals surface area contributed by atoms with E-state index in [1.807, 2.05) is 0 Å². The number of phenolic OH excluding ortho intramolecular Hbond substituents is 1. The van der Waals surface area contributed by atoms with Gasteiger partial charge in [0.1, 0.15) is 11.4 Å². The van der Waals surface area contributed by atoms with Crippen LogP contribution >= 0.6 is 0 Å². The summed E-state index contributed by atoms with van der Waals surface area (Å²) >= 11 is 0. The number of hydrogen-bond donors (Lipinski definition) is 2. The molecule has 0 aromatic heterocycles. The van der Waals surface area contributed by atoms with Crippen molar-refractivity contribution in [3.8, 4) is 16.9 Å². The van der Waals surface area contributed by atoms with E-state index in [0.717, 1.165) is 6.92 Å². The molecule has 0 saturated carbocycles. The molecular weight excluding hydrogens is 484 g/mol. The summed E-state index contributed by atoms with van der Waals surface area (Å²) < 4.78 is 56.8. The van der Waals surface area contributed by atoms with E-state index >= 15 is 0 Å². The number of benzene rings is 3. The Balaban J connectivity index is 1.66. The molecule has 0 bridgehead atoms. The second-order valence-electron chi connectivity index (χ2n) is 7.80. The zero-order chi connectivity index (χ0) is 26.3. The molecule has 4 rings (SSSR count). The number of rotatable bonds is 5. The maximum Gasteiger partial charge on any atom is 0.335 e. The quantitative estimate of drug-likeness (QED) is 0.274. The fourth-order valence-corrected chi connectivity index (χ4v) is 3.55. The molecule has 0 aliphatic carbocycles. The lowest BCUT2D eigenvalue weighted by Crippen LogP contribution is -2.31. The van der Waals surface area contributed by atoms with E-state index < -0.39 is 52.4 Å². The Morgan fingerprint density at radius 3 is 2.28 bits per heavy atom. The zero-order valence-corrected chi connectivity index (χ0v) is 18.6. The molecule has 12 heteroatoms. The molecule has 1 atom stereocenters. The number of aromatic carboxylic acids is 1. The molecule has 3 aromatic carbocycles. The van der Waals surface area contributed by atoms with Gasteiger partial charge in [-0.05, 0) is 37.6 Å². The fraction of sp³-hybridized carbons (Fsp3) is 0.125. The SMILES string of the molecule is CC1=NN(c2c(F)c(F)c(C)c(F)c2F)C(=O)C1N=Nc1cccc(-c2cccc(C(=O)O)c2)c1O. The number of hydrogen-bond acceptors (Lipinski definition) is 6. The van der Waals surface area contributed by atoms with Gasteiger partial charge in [-0.25, -0.2) is 22.4 Å². The zero-order valence-electron chi connectivity index (χ0n) is 18.6. The third-order valence-electron chi connectivity index (χ3n) is 5.48. The van der Waals surface area contributed by atoms with E-state index in [2.05, 4.69) is 15.3 Å². The third kappa shape index (κ3) is 4.06. The van der Waals surface area contributed by atoms with Crippen LogP contribution in [-0.4, -0.2) is 33.8 Å². The summed E-state index contributed by atoms with van der Waals surface area (Å²) in [6.45, 7) is 2.14. The van der Waals surface area contributed by atoms with Crippen LogP contribution in [0.1, 0.15) is 22.8 Å². The maximum atomic E-state index is 14.4. The van der Waals surface area contributed by atoms with Crippen molar-refractivity contribution in [1.82, 2.24) is 0 Å². The summed E-state index contributed by atoms with van der Waals surface area (Å²) in [7, 11) is 0. The second-order valence-corrected chi connectivity index (χ2v) is 7.80. The average molecular weight is 500 g/mol. The molecule has 1 unspecified atom stereocenters. The first-order valence-corrected chi connectivity index (χ1v) is 10.3. The summed E-state index contributed by atoms with van der Waals surface area (Å²) in [5.41, 5.74) is -1.78. The van der Waals surface area contributed by atoms with Gasteiger partial charge in [0.15, 0.2) is 35.1 Å². The molecular formula is C24H16F4N4O4. The van der Waals surface area contributed by atoms with Crippen molar-refractivity contribution in [2.75, 3.05) is 5.01 Å². The van der Waals surface area contributed by atoms with Gasteiger partial charge in [0.25, 0.3) is 5.91 Å². The minimum absolute atomic E-state index is 0.00847. The first-order chi connectivity index (χ1) is 17.0. The van der Waals surface area contributed by atoms with Crippen molar-refractivity contribution in [3.63, 3.8) is 0 Å². The van der Waals surface area contributed by atoms with Gasteiger partial charge in [0.05, 0.1) is 11.3 Å². The van der Waals surface area contributed by atoms with Crippen molar-refractivity contribution in [2.24, 2.45) is 15.3 Å². The van der Waals surface area contributed by atoms with Gasteiger partial charge < -0.3 is 10.2 Å². The number of amides is 1. The van der Waals surface area contributed by atoms with Crippen LogP contribution in [0.3, 0.4) is 0 Å². The van der Waals surface area contributed by atoms with Crippen molar-refractivity contribution in [2.45, 2.75) is 19.9 Å². The van der Waals surface area contributed by atoms with Crippen molar-refractivity contribution in [3.05, 3.63) is 76.9 Å². The summed E-state index contributed by atoms with van der Waals surface area (Å²) in [6, 6.07) is 8.67. The number of halogens is 4. The van der Waals surface area contributed by atoms with Crippen LogP contribution < -0.4 is 5.01 Å². The molecule has 1 amide bonds. The summed E-state index contributed by atoms with van der Waals surface area (Å²) in [5, 5.41) is 31.4. The molecule has 36 heavy (non-hydrogen) atoms. The highest BCUT2D eigenvalue weighted by molar-refractivity contribution is 6.18. The monoisotopic (exact) mass is 500 g/mol. The van der Waals surface area contributed by atoms with Gasteiger partial charge >= 0.3 is 5.97 Å². The van der Waals surface area contributed by atoms with Gasteiger partial charge in [0, 0.05) is 11.1 Å². The molecule has 0 fully saturated rings. The maximum absolute atomic E-state index is 14.4. The Hall–Kier alpha value is -4.61. The highest BCUT2D eigenvalue weighted by Crippen LogP contribution is 2.38. The van der Waals surface area contributed by atoms with E-state index in [-0.39, 0.29) is 33.3 Å². The third-order valence-corrected chi connectivity index (χ3v) is 5.48. The lowest BCUT2D eigenvalue weighted by Gasteiger charge is -2.16. The van der Waals surface area contributed by atoms with Gasteiger partial charge in [-0.1, -0.05) is 24.3 Å². The molecule has 0 saturated heterocycles. The number of anilines is 1. The minimum atomic E-state index is -1.79. The van der Waals surface area contributed by atoms with Crippen LogP contribution in [0.5, 0.6) is 5.75 Å². The Morgan fingerprint density at radius 1 is 1.00 bits per heavy atom. The number of carbonyl (C=O) groups is 2. The van der Waals surface area contributed by atoms with Gasteiger partial charge in [-0.2, -0.15) is 20.3 Å². The predicted octanol–water partition coefficient (Wildman–Crippen LogP) is 5.50. The number of aromatic hydroxyl groups is 1. The Bertz CT molecular complexity index is 1460. The standard InChI is InChI=1S/C24H16F4N4O4/c1-10-16(25)18(27)21(19(28)17(10)26)32-23(34)20(11(2)31-32)30-29-15-8-4-7-14(22(15)33)12-5-3-6-13(9-12)24(35)36/h3-9,20,33H,1-2H3,(H,35,36). The minimum Gasteiger partial charge on any atom is -0.505 e. The fourth-order valence-electron chi connectivity index (χ4n) is 3.55. The van der Waals surface area contributed by atoms with E-state index in [1.54, 1.807) is 6.07 Å². The van der Waals surface area contributed by atoms with Crippen LogP contribution in [-0.2, 0) is 4.79 Å².